The van der Waals surface area contributed by atoms with Crippen LogP contribution in [0.2, 0.25) is 0 Å². The molecule has 62 valence electrons. The van der Waals surface area contributed by atoms with E-state index in [-0.39, 0.29) is 0 Å². The average Bonchev–Trinajstić information content (AvgIpc) is 1.88. The summed E-state index contributed by atoms with van der Waals surface area (Å²) >= 11 is 4.07. The standard InChI is InChI=1S/C6H7NS.CH5NO/c7-5-2-1-3-6(8)4-5;1-3-2/h1-4,8H,7H2;2H2,1H3. The van der Waals surface area contributed by atoms with Crippen molar-refractivity contribution in [3.8, 4) is 0 Å². The largest absolute Gasteiger partial charge is 0.399 e. The van der Waals surface area contributed by atoms with Crippen molar-refractivity contribution in [2.75, 3.05) is 12.8 Å². The van der Waals surface area contributed by atoms with E-state index in [0.29, 0.717) is 0 Å². The Morgan fingerprint density at radius 1 is 1.45 bits per heavy atom. The number of nitrogen functional groups attached to an aromatic ring is 1. The topological polar surface area (TPSA) is 61.3 Å². The van der Waals surface area contributed by atoms with Gasteiger partial charge in [-0.1, -0.05) is 6.07 Å². The van der Waals surface area contributed by atoms with Crippen molar-refractivity contribution < 1.29 is 4.84 Å². The molecule has 0 aliphatic carbocycles. The van der Waals surface area contributed by atoms with E-state index in [1.54, 1.807) is 0 Å². The Morgan fingerprint density at radius 2 is 2.00 bits per heavy atom. The SMILES string of the molecule is CON.Nc1cccc(S)c1. The summed E-state index contributed by atoms with van der Waals surface area (Å²) in [5.74, 6) is 4.35. The highest BCUT2D eigenvalue weighted by atomic mass is 32.1. The number of thiol groups is 1. The molecule has 4 N–H and O–H groups in total. The van der Waals surface area contributed by atoms with E-state index in [9.17, 15) is 0 Å². The van der Waals surface area contributed by atoms with E-state index in [0.717, 1.165) is 10.6 Å². The Morgan fingerprint density at radius 3 is 2.27 bits per heavy atom. The van der Waals surface area contributed by atoms with Crippen molar-refractivity contribution in [2.24, 2.45) is 5.90 Å². The van der Waals surface area contributed by atoms with Gasteiger partial charge in [-0.3, -0.25) is 0 Å². The summed E-state index contributed by atoms with van der Waals surface area (Å²) in [5, 5.41) is 0. The van der Waals surface area contributed by atoms with Crippen molar-refractivity contribution >= 4 is 18.3 Å². The molecule has 4 heteroatoms. The van der Waals surface area contributed by atoms with Crippen LogP contribution in [0.4, 0.5) is 5.69 Å². The molecule has 0 saturated heterocycles. The second-order valence-electron chi connectivity index (χ2n) is 1.83. The van der Waals surface area contributed by atoms with E-state index in [1.807, 2.05) is 24.3 Å². The van der Waals surface area contributed by atoms with Crippen LogP contribution in [0.5, 0.6) is 0 Å². The minimum absolute atomic E-state index is 0.762. The summed E-state index contributed by atoms with van der Waals surface area (Å²) in [6, 6.07) is 7.40. The van der Waals surface area contributed by atoms with Gasteiger partial charge in [-0.25, -0.2) is 5.90 Å². The van der Waals surface area contributed by atoms with E-state index >= 15 is 0 Å². The lowest BCUT2D eigenvalue weighted by atomic mass is 10.3. The molecule has 0 saturated carbocycles. The Balaban J connectivity index is 0.000000292. The Hall–Kier alpha value is -0.710. The van der Waals surface area contributed by atoms with Gasteiger partial charge >= 0.3 is 0 Å². The van der Waals surface area contributed by atoms with Gasteiger partial charge in [0.2, 0.25) is 0 Å². The van der Waals surface area contributed by atoms with Crippen LogP contribution in [0.25, 0.3) is 0 Å². The lowest BCUT2D eigenvalue weighted by Gasteiger charge is -1.90. The van der Waals surface area contributed by atoms with Crippen LogP contribution in [-0.4, -0.2) is 7.11 Å². The smallest absolute Gasteiger partial charge is 0.0569 e. The second-order valence-corrected chi connectivity index (χ2v) is 2.35. The van der Waals surface area contributed by atoms with Crippen LogP contribution in [0, 0.1) is 0 Å². The average molecular weight is 172 g/mol. The number of anilines is 1. The van der Waals surface area contributed by atoms with Crippen molar-refractivity contribution in [3.05, 3.63) is 24.3 Å². The summed E-state index contributed by atoms with van der Waals surface area (Å²) in [6.07, 6.45) is 0. The van der Waals surface area contributed by atoms with E-state index < -0.39 is 0 Å². The maximum atomic E-state index is 5.41. The van der Waals surface area contributed by atoms with Gasteiger partial charge in [0.1, 0.15) is 0 Å². The molecule has 0 aliphatic heterocycles. The summed E-state index contributed by atoms with van der Waals surface area (Å²) in [7, 11) is 1.40. The third-order valence-corrected chi connectivity index (χ3v) is 1.15. The minimum Gasteiger partial charge on any atom is -0.399 e. The maximum Gasteiger partial charge on any atom is 0.0569 e. The first-order chi connectivity index (χ1) is 5.20. The lowest BCUT2D eigenvalue weighted by Crippen LogP contribution is -1.86. The van der Waals surface area contributed by atoms with Gasteiger partial charge in [-0.05, 0) is 18.2 Å². The van der Waals surface area contributed by atoms with Gasteiger partial charge in [-0.15, -0.1) is 12.6 Å². The summed E-state index contributed by atoms with van der Waals surface area (Å²) < 4.78 is 0. The monoisotopic (exact) mass is 172 g/mol. The first-order valence-electron chi connectivity index (χ1n) is 2.98. The molecule has 11 heavy (non-hydrogen) atoms. The molecule has 3 nitrogen and oxygen atoms in total. The van der Waals surface area contributed by atoms with Gasteiger partial charge in [0.25, 0.3) is 0 Å². The number of benzene rings is 1. The first kappa shape index (κ1) is 10.3. The lowest BCUT2D eigenvalue weighted by molar-refractivity contribution is 0.206. The van der Waals surface area contributed by atoms with Crippen molar-refractivity contribution in [1.29, 1.82) is 0 Å². The molecule has 1 rings (SSSR count). The Bertz CT molecular complexity index is 188. The molecule has 0 fully saturated rings. The highest BCUT2D eigenvalue weighted by Crippen LogP contribution is 2.08. The predicted molar refractivity (Wildman–Crippen MR) is 49.3 cm³/mol. The van der Waals surface area contributed by atoms with Crippen LogP contribution >= 0.6 is 12.6 Å². The summed E-state index contributed by atoms with van der Waals surface area (Å²) in [5.41, 5.74) is 6.17. The normalized spacial score (nSPS) is 8.27. The van der Waals surface area contributed by atoms with Crippen LogP contribution < -0.4 is 11.6 Å². The van der Waals surface area contributed by atoms with Gasteiger partial charge < -0.3 is 10.6 Å². The molecule has 1 aromatic carbocycles. The molecular formula is C7H12N2OS. The van der Waals surface area contributed by atoms with Gasteiger partial charge in [-0.2, -0.15) is 0 Å². The van der Waals surface area contributed by atoms with E-state index in [2.05, 4.69) is 23.4 Å². The molecule has 0 atom stereocenters. The molecule has 0 unspecified atom stereocenters. The van der Waals surface area contributed by atoms with Crippen LogP contribution in [0.1, 0.15) is 0 Å². The zero-order valence-electron chi connectivity index (χ0n) is 6.32. The quantitative estimate of drug-likeness (QED) is 0.311. The maximum absolute atomic E-state index is 5.41. The highest BCUT2D eigenvalue weighted by Gasteiger charge is 1.82. The fraction of sp³-hybridized carbons (Fsp3) is 0.143. The highest BCUT2D eigenvalue weighted by molar-refractivity contribution is 7.80. The number of hydrogen-bond donors (Lipinski definition) is 3. The second kappa shape index (κ2) is 6.03. The molecule has 0 radical (unpaired) electrons. The van der Waals surface area contributed by atoms with Crippen LogP contribution in [0.15, 0.2) is 29.2 Å². The molecule has 1 aromatic rings. The van der Waals surface area contributed by atoms with E-state index in [4.69, 9.17) is 5.73 Å². The zero-order chi connectivity index (χ0) is 8.69. The van der Waals surface area contributed by atoms with Crippen molar-refractivity contribution in [3.63, 3.8) is 0 Å². The minimum atomic E-state index is 0.762. The molecule has 0 amide bonds. The fourth-order valence-electron chi connectivity index (χ4n) is 0.525. The Labute approximate surface area is 71.7 Å². The molecule has 0 bridgehead atoms. The molecule has 0 aromatic heterocycles. The van der Waals surface area contributed by atoms with Crippen LogP contribution in [-0.2, 0) is 4.84 Å². The Kier molecular flexibility index (Phi) is 5.64. The third-order valence-electron chi connectivity index (χ3n) is 0.870. The predicted octanol–water partition coefficient (Wildman–Crippen LogP) is 1.06. The fourth-order valence-corrected chi connectivity index (χ4v) is 0.760. The summed E-state index contributed by atoms with van der Waals surface area (Å²) in [6.45, 7) is 0. The van der Waals surface area contributed by atoms with Gasteiger partial charge in [0.15, 0.2) is 0 Å². The van der Waals surface area contributed by atoms with Crippen LogP contribution in [0.3, 0.4) is 0 Å². The zero-order valence-corrected chi connectivity index (χ0v) is 7.21. The van der Waals surface area contributed by atoms with Gasteiger partial charge in [0, 0.05) is 10.6 Å². The molecule has 0 spiro atoms. The molecule has 0 aliphatic rings. The molecular weight excluding hydrogens is 160 g/mol. The number of hydrogen-bond acceptors (Lipinski definition) is 4. The summed E-state index contributed by atoms with van der Waals surface area (Å²) in [4.78, 5) is 4.66. The first-order valence-corrected chi connectivity index (χ1v) is 3.42. The van der Waals surface area contributed by atoms with Gasteiger partial charge in [0.05, 0.1) is 7.11 Å². The van der Waals surface area contributed by atoms with Crippen molar-refractivity contribution in [2.45, 2.75) is 4.90 Å². The van der Waals surface area contributed by atoms with E-state index in [1.165, 1.54) is 7.11 Å². The third kappa shape index (κ3) is 5.72. The molecule has 0 heterocycles. The number of nitrogens with two attached hydrogens (primary N) is 2. The number of rotatable bonds is 0. The van der Waals surface area contributed by atoms with Crippen molar-refractivity contribution in [1.82, 2.24) is 0 Å².